The third kappa shape index (κ3) is 1.16. The predicted molar refractivity (Wildman–Crippen MR) is 66.3 cm³/mol. The van der Waals surface area contributed by atoms with E-state index in [1.807, 2.05) is 30.3 Å². The molecule has 3 aromatic rings. The summed E-state index contributed by atoms with van der Waals surface area (Å²) in [6, 6.07) is 11.8. The van der Waals surface area contributed by atoms with Crippen LogP contribution in [0.15, 0.2) is 30.3 Å². The van der Waals surface area contributed by atoms with Crippen molar-refractivity contribution >= 4 is 37.5 Å². The van der Waals surface area contributed by atoms with Crippen LogP contribution < -0.4 is 5.73 Å². The lowest BCUT2D eigenvalue weighted by Crippen LogP contribution is -1.82. The Morgan fingerprint density at radius 2 is 2.00 bits per heavy atom. The van der Waals surface area contributed by atoms with E-state index >= 15 is 0 Å². The highest BCUT2D eigenvalue weighted by molar-refractivity contribution is 7.22. The van der Waals surface area contributed by atoms with Crippen LogP contribution in [-0.2, 0) is 0 Å². The molecular weight excluding hydrogens is 218 g/mol. The number of nitriles is 1. The average Bonchev–Trinajstić information content (AvgIpc) is 2.68. The Hall–Kier alpha value is -2.12. The molecule has 3 rings (SSSR count). The van der Waals surface area contributed by atoms with Crippen molar-refractivity contribution in [3.8, 4) is 6.07 Å². The number of nitrogen functional groups attached to an aromatic ring is 1. The van der Waals surface area contributed by atoms with Crippen molar-refractivity contribution < 1.29 is 0 Å². The highest BCUT2D eigenvalue weighted by Crippen LogP contribution is 2.32. The molecule has 0 fully saturated rings. The number of fused-ring (bicyclic) bond motifs is 3. The van der Waals surface area contributed by atoms with Gasteiger partial charge < -0.3 is 5.73 Å². The molecule has 76 valence electrons. The molecule has 0 aliphatic heterocycles. The lowest BCUT2D eigenvalue weighted by atomic mass is 10.0. The molecule has 0 bridgehead atoms. The van der Waals surface area contributed by atoms with Crippen LogP contribution in [0.5, 0.6) is 0 Å². The molecule has 0 aliphatic carbocycles. The first-order chi connectivity index (χ1) is 7.79. The lowest BCUT2D eigenvalue weighted by molar-refractivity contribution is 1.50. The number of hydrogen-bond acceptors (Lipinski definition) is 4. The number of hydrogen-bond donors (Lipinski definition) is 1. The number of anilines is 1. The van der Waals surface area contributed by atoms with Gasteiger partial charge in [0.05, 0.1) is 21.8 Å². The molecule has 1 heterocycles. The van der Waals surface area contributed by atoms with E-state index in [9.17, 15) is 0 Å². The second kappa shape index (κ2) is 3.19. The highest BCUT2D eigenvalue weighted by Gasteiger charge is 2.09. The molecule has 0 radical (unpaired) electrons. The Balaban J connectivity index is 2.63. The number of rotatable bonds is 0. The largest absolute Gasteiger partial charge is 0.375 e. The zero-order valence-corrected chi connectivity index (χ0v) is 9.08. The van der Waals surface area contributed by atoms with Gasteiger partial charge in [-0.3, -0.25) is 0 Å². The number of aromatic nitrogens is 1. The number of nitrogens with zero attached hydrogens (tertiary/aromatic N) is 2. The lowest BCUT2D eigenvalue weighted by Gasteiger charge is -2.00. The maximum Gasteiger partial charge on any atom is 0.181 e. The predicted octanol–water partition coefficient (Wildman–Crippen LogP) is 2.90. The molecule has 0 atom stereocenters. The van der Waals surface area contributed by atoms with Crippen LogP contribution in [-0.4, -0.2) is 4.98 Å². The summed E-state index contributed by atoms with van der Waals surface area (Å²) in [5, 5.41) is 11.6. The molecule has 0 saturated heterocycles. The molecule has 1 aromatic heterocycles. The summed E-state index contributed by atoms with van der Waals surface area (Å²) >= 11 is 1.41. The van der Waals surface area contributed by atoms with Gasteiger partial charge in [-0.05, 0) is 6.07 Å². The number of benzene rings is 2. The molecule has 0 spiro atoms. The SMILES string of the molecule is N#Cc1cc2sc(N)nc2c2ccccc12. The van der Waals surface area contributed by atoms with Crippen LogP contribution in [0.3, 0.4) is 0 Å². The first-order valence-corrected chi connectivity index (χ1v) is 5.59. The maximum atomic E-state index is 9.10. The normalized spacial score (nSPS) is 10.7. The fraction of sp³-hybridized carbons (Fsp3) is 0. The molecule has 0 saturated carbocycles. The van der Waals surface area contributed by atoms with Gasteiger partial charge in [0, 0.05) is 10.8 Å². The molecule has 3 nitrogen and oxygen atoms in total. The molecular formula is C12H7N3S. The summed E-state index contributed by atoms with van der Waals surface area (Å²) in [5.74, 6) is 0. The summed E-state index contributed by atoms with van der Waals surface area (Å²) in [4.78, 5) is 4.30. The van der Waals surface area contributed by atoms with Crippen LogP contribution in [0.1, 0.15) is 5.56 Å². The van der Waals surface area contributed by atoms with Gasteiger partial charge in [0.2, 0.25) is 0 Å². The highest BCUT2D eigenvalue weighted by atomic mass is 32.1. The topological polar surface area (TPSA) is 62.7 Å². The van der Waals surface area contributed by atoms with E-state index in [4.69, 9.17) is 11.0 Å². The third-order valence-corrected chi connectivity index (χ3v) is 3.37. The van der Waals surface area contributed by atoms with Gasteiger partial charge in [-0.15, -0.1) is 0 Å². The van der Waals surface area contributed by atoms with Crippen LogP contribution in [0.25, 0.3) is 21.0 Å². The van der Waals surface area contributed by atoms with Crippen molar-refractivity contribution in [2.45, 2.75) is 0 Å². The number of nitrogens with two attached hydrogens (primary N) is 1. The Labute approximate surface area is 95.8 Å². The van der Waals surface area contributed by atoms with E-state index in [-0.39, 0.29) is 0 Å². The minimum absolute atomic E-state index is 0.537. The zero-order valence-electron chi connectivity index (χ0n) is 8.27. The molecule has 0 aliphatic rings. The zero-order chi connectivity index (χ0) is 11.1. The van der Waals surface area contributed by atoms with Gasteiger partial charge >= 0.3 is 0 Å². The quantitative estimate of drug-likeness (QED) is 0.639. The summed E-state index contributed by atoms with van der Waals surface area (Å²) in [6.45, 7) is 0. The van der Waals surface area contributed by atoms with E-state index < -0.39 is 0 Å². The Bertz CT molecular complexity index is 737. The maximum absolute atomic E-state index is 9.10. The molecule has 0 unspecified atom stereocenters. The minimum atomic E-state index is 0.537. The average molecular weight is 225 g/mol. The van der Waals surface area contributed by atoms with Gasteiger partial charge in [-0.25, -0.2) is 4.98 Å². The van der Waals surface area contributed by atoms with Crippen LogP contribution in [0.4, 0.5) is 5.13 Å². The second-order valence-electron chi connectivity index (χ2n) is 3.48. The minimum Gasteiger partial charge on any atom is -0.375 e. The summed E-state index contributed by atoms with van der Waals surface area (Å²) in [7, 11) is 0. The van der Waals surface area contributed by atoms with E-state index in [2.05, 4.69) is 11.1 Å². The van der Waals surface area contributed by atoms with Crippen molar-refractivity contribution in [1.29, 1.82) is 5.26 Å². The van der Waals surface area contributed by atoms with Crippen molar-refractivity contribution in [3.63, 3.8) is 0 Å². The van der Waals surface area contributed by atoms with Crippen LogP contribution in [0.2, 0.25) is 0 Å². The summed E-state index contributed by atoms with van der Waals surface area (Å²) in [5.41, 5.74) is 7.26. The van der Waals surface area contributed by atoms with Gasteiger partial charge in [0.1, 0.15) is 0 Å². The molecule has 2 aromatic carbocycles. The first kappa shape index (κ1) is 9.13. The first-order valence-electron chi connectivity index (χ1n) is 4.77. The monoisotopic (exact) mass is 225 g/mol. The Morgan fingerprint density at radius 1 is 1.25 bits per heavy atom. The van der Waals surface area contributed by atoms with E-state index in [1.165, 1.54) is 11.3 Å². The fourth-order valence-electron chi connectivity index (χ4n) is 1.87. The van der Waals surface area contributed by atoms with Crippen molar-refractivity contribution in [2.24, 2.45) is 0 Å². The Morgan fingerprint density at radius 3 is 2.75 bits per heavy atom. The van der Waals surface area contributed by atoms with Crippen molar-refractivity contribution in [3.05, 3.63) is 35.9 Å². The standard InChI is InChI=1S/C12H7N3S/c13-6-7-5-10-11(15-12(14)16-10)9-4-2-1-3-8(7)9/h1-5H,(H2,14,15). The van der Waals surface area contributed by atoms with Crippen LogP contribution >= 0.6 is 11.3 Å². The second-order valence-corrected chi connectivity index (χ2v) is 4.54. The fourth-order valence-corrected chi connectivity index (χ4v) is 2.66. The summed E-state index contributed by atoms with van der Waals surface area (Å²) in [6.07, 6.45) is 0. The summed E-state index contributed by atoms with van der Waals surface area (Å²) < 4.78 is 0.966. The smallest absolute Gasteiger partial charge is 0.181 e. The number of thiazole rings is 1. The molecule has 4 heteroatoms. The van der Waals surface area contributed by atoms with Gasteiger partial charge in [0.15, 0.2) is 5.13 Å². The molecule has 0 amide bonds. The van der Waals surface area contributed by atoms with E-state index in [0.717, 1.165) is 21.0 Å². The Kier molecular flexibility index (Phi) is 1.82. The molecule has 16 heavy (non-hydrogen) atoms. The van der Waals surface area contributed by atoms with Gasteiger partial charge in [-0.1, -0.05) is 35.6 Å². The van der Waals surface area contributed by atoms with E-state index in [1.54, 1.807) is 0 Å². The van der Waals surface area contributed by atoms with Gasteiger partial charge in [0.25, 0.3) is 0 Å². The van der Waals surface area contributed by atoms with Gasteiger partial charge in [-0.2, -0.15) is 5.26 Å². The van der Waals surface area contributed by atoms with E-state index in [0.29, 0.717) is 10.7 Å². The molecule has 2 N–H and O–H groups in total. The third-order valence-electron chi connectivity index (χ3n) is 2.54. The van der Waals surface area contributed by atoms with Crippen molar-refractivity contribution in [1.82, 2.24) is 4.98 Å². The van der Waals surface area contributed by atoms with Crippen LogP contribution in [0, 0.1) is 11.3 Å². The van der Waals surface area contributed by atoms with Crippen molar-refractivity contribution in [2.75, 3.05) is 5.73 Å².